The molecule has 0 heterocycles. The van der Waals surface area contributed by atoms with Crippen LogP contribution in [0.25, 0.3) is 32.7 Å². The van der Waals surface area contributed by atoms with Crippen molar-refractivity contribution >= 4 is 43.4 Å². The Bertz CT molecular complexity index is 1120. The van der Waals surface area contributed by atoms with Crippen LogP contribution in [0.3, 0.4) is 0 Å². The molecule has 4 aromatic carbocycles. The first-order valence-corrected chi connectivity index (χ1v) is 8.77. The smallest absolute Gasteiger partial charge is 0.338 e. The quantitative estimate of drug-likeness (QED) is 0.300. The minimum absolute atomic E-state index is 0.339. The first-order chi connectivity index (χ1) is 12.2. The van der Waals surface area contributed by atoms with Crippen LogP contribution in [-0.2, 0) is 4.74 Å². The lowest BCUT2D eigenvalue weighted by Crippen LogP contribution is -2.03. The standard InChI is InChI=1S/C22H15BrO2/c1-25-22(24)21-13-15(23)10-12-20(21)18-8-4-7-17-16-6-3-2-5-14(16)9-11-19(17)18/h2-13H,1H3. The van der Waals surface area contributed by atoms with Gasteiger partial charge in [-0.25, -0.2) is 4.79 Å². The van der Waals surface area contributed by atoms with Crippen molar-refractivity contribution < 1.29 is 9.53 Å². The summed E-state index contributed by atoms with van der Waals surface area (Å²) in [5, 5.41) is 4.71. The number of esters is 1. The largest absolute Gasteiger partial charge is 0.465 e. The van der Waals surface area contributed by atoms with Crippen LogP contribution in [0.2, 0.25) is 0 Å². The summed E-state index contributed by atoms with van der Waals surface area (Å²) in [7, 11) is 1.41. The highest BCUT2D eigenvalue weighted by Crippen LogP contribution is 2.35. The highest BCUT2D eigenvalue weighted by molar-refractivity contribution is 9.10. The molecule has 0 atom stereocenters. The molecule has 0 aliphatic rings. The number of carbonyl (C=O) groups is 1. The summed E-state index contributed by atoms with van der Waals surface area (Å²) < 4.78 is 5.83. The van der Waals surface area contributed by atoms with Crippen LogP contribution in [-0.4, -0.2) is 13.1 Å². The zero-order valence-electron chi connectivity index (χ0n) is 13.6. The summed E-state index contributed by atoms with van der Waals surface area (Å²) in [4.78, 5) is 12.3. The minimum Gasteiger partial charge on any atom is -0.465 e. The van der Waals surface area contributed by atoms with Gasteiger partial charge in [0.1, 0.15) is 0 Å². The maximum atomic E-state index is 12.3. The Morgan fingerprint density at radius 3 is 2.44 bits per heavy atom. The Morgan fingerprint density at radius 2 is 1.60 bits per heavy atom. The van der Waals surface area contributed by atoms with Gasteiger partial charge in [-0.1, -0.05) is 76.6 Å². The van der Waals surface area contributed by atoms with Gasteiger partial charge in [0.2, 0.25) is 0 Å². The van der Waals surface area contributed by atoms with Crippen molar-refractivity contribution in [2.45, 2.75) is 0 Å². The van der Waals surface area contributed by atoms with Crippen LogP contribution in [0, 0.1) is 0 Å². The number of rotatable bonds is 2. The van der Waals surface area contributed by atoms with Gasteiger partial charge in [-0.05, 0) is 44.8 Å². The van der Waals surface area contributed by atoms with E-state index in [0.29, 0.717) is 5.56 Å². The Balaban J connectivity index is 2.06. The SMILES string of the molecule is COC(=O)c1cc(Br)ccc1-c1cccc2c1ccc1ccccc12. The van der Waals surface area contributed by atoms with Gasteiger partial charge in [-0.15, -0.1) is 0 Å². The third kappa shape index (κ3) is 2.71. The van der Waals surface area contributed by atoms with Crippen molar-refractivity contribution in [2.24, 2.45) is 0 Å². The van der Waals surface area contributed by atoms with Crippen LogP contribution in [0.15, 0.2) is 77.3 Å². The van der Waals surface area contributed by atoms with Crippen LogP contribution >= 0.6 is 15.9 Å². The Hall–Kier alpha value is -2.65. The van der Waals surface area contributed by atoms with E-state index in [1.807, 2.05) is 36.4 Å². The van der Waals surface area contributed by atoms with Crippen molar-refractivity contribution in [1.29, 1.82) is 0 Å². The normalized spacial score (nSPS) is 11.0. The summed E-state index contributed by atoms with van der Waals surface area (Å²) in [6.45, 7) is 0. The molecular weight excluding hydrogens is 376 g/mol. The average molecular weight is 391 g/mol. The lowest BCUT2D eigenvalue weighted by Gasteiger charge is -2.13. The van der Waals surface area contributed by atoms with E-state index in [1.165, 1.54) is 23.3 Å². The second-order valence-electron chi connectivity index (χ2n) is 5.87. The van der Waals surface area contributed by atoms with E-state index < -0.39 is 0 Å². The second kappa shape index (κ2) is 6.34. The van der Waals surface area contributed by atoms with Crippen LogP contribution < -0.4 is 0 Å². The highest BCUT2D eigenvalue weighted by atomic mass is 79.9. The molecule has 4 aromatic rings. The van der Waals surface area contributed by atoms with E-state index in [1.54, 1.807) is 6.07 Å². The molecule has 0 spiro atoms. The van der Waals surface area contributed by atoms with Crippen molar-refractivity contribution in [3.63, 3.8) is 0 Å². The van der Waals surface area contributed by atoms with E-state index >= 15 is 0 Å². The molecule has 25 heavy (non-hydrogen) atoms. The molecule has 4 rings (SSSR count). The number of carbonyl (C=O) groups excluding carboxylic acids is 1. The summed E-state index contributed by atoms with van der Waals surface area (Å²) in [6.07, 6.45) is 0. The van der Waals surface area contributed by atoms with E-state index in [4.69, 9.17) is 4.74 Å². The molecule has 0 N–H and O–H groups in total. The van der Waals surface area contributed by atoms with Gasteiger partial charge in [0, 0.05) is 4.47 Å². The summed E-state index contributed by atoms with van der Waals surface area (Å²) in [6, 6.07) is 24.5. The Kier molecular flexibility index (Phi) is 4.02. The number of fused-ring (bicyclic) bond motifs is 3. The van der Waals surface area contributed by atoms with Crippen LogP contribution in [0.4, 0.5) is 0 Å². The maximum Gasteiger partial charge on any atom is 0.338 e. The molecule has 2 nitrogen and oxygen atoms in total. The molecule has 0 aromatic heterocycles. The van der Waals surface area contributed by atoms with E-state index in [0.717, 1.165) is 21.0 Å². The van der Waals surface area contributed by atoms with E-state index in [9.17, 15) is 4.79 Å². The highest BCUT2D eigenvalue weighted by Gasteiger charge is 2.16. The lowest BCUT2D eigenvalue weighted by atomic mass is 9.92. The molecule has 0 aliphatic heterocycles. The molecule has 122 valence electrons. The van der Waals surface area contributed by atoms with Gasteiger partial charge in [0.25, 0.3) is 0 Å². The number of ether oxygens (including phenoxy) is 1. The third-order valence-corrected chi connectivity index (χ3v) is 4.96. The maximum absolute atomic E-state index is 12.3. The molecular formula is C22H15BrO2. The topological polar surface area (TPSA) is 26.3 Å². The van der Waals surface area contributed by atoms with Crippen LogP contribution in [0.5, 0.6) is 0 Å². The molecule has 3 heteroatoms. The predicted octanol–water partition coefficient (Wildman–Crippen LogP) is 6.21. The number of benzene rings is 4. The van der Waals surface area contributed by atoms with E-state index in [2.05, 4.69) is 46.3 Å². The monoisotopic (exact) mass is 390 g/mol. The van der Waals surface area contributed by atoms with Gasteiger partial charge in [0.15, 0.2) is 0 Å². The predicted molar refractivity (Wildman–Crippen MR) is 106 cm³/mol. The molecule has 0 fully saturated rings. The molecule has 0 amide bonds. The van der Waals surface area contributed by atoms with Gasteiger partial charge in [-0.3, -0.25) is 0 Å². The fourth-order valence-electron chi connectivity index (χ4n) is 3.31. The van der Waals surface area contributed by atoms with Crippen molar-refractivity contribution in [3.05, 3.63) is 82.8 Å². The van der Waals surface area contributed by atoms with Crippen LogP contribution in [0.1, 0.15) is 10.4 Å². The van der Waals surface area contributed by atoms with Crippen molar-refractivity contribution in [2.75, 3.05) is 7.11 Å². The average Bonchev–Trinajstić information content (AvgIpc) is 2.66. The summed E-state index contributed by atoms with van der Waals surface area (Å²) in [5.41, 5.74) is 2.45. The van der Waals surface area contributed by atoms with Gasteiger partial charge >= 0.3 is 5.97 Å². The van der Waals surface area contributed by atoms with Gasteiger partial charge in [-0.2, -0.15) is 0 Å². The first kappa shape index (κ1) is 15.9. The zero-order valence-corrected chi connectivity index (χ0v) is 15.2. The van der Waals surface area contributed by atoms with Gasteiger partial charge < -0.3 is 4.74 Å². The number of halogens is 1. The number of hydrogen-bond acceptors (Lipinski definition) is 2. The van der Waals surface area contributed by atoms with Gasteiger partial charge in [0.05, 0.1) is 12.7 Å². The molecule has 0 bridgehead atoms. The fraction of sp³-hybridized carbons (Fsp3) is 0.0455. The second-order valence-corrected chi connectivity index (χ2v) is 6.78. The van der Waals surface area contributed by atoms with Crippen molar-refractivity contribution in [1.82, 2.24) is 0 Å². The Labute approximate surface area is 154 Å². The van der Waals surface area contributed by atoms with Crippen molar-refractivity contribution in [3.8, 4) is 11.1 Å². The summed E-state index contributed by atoms with van der Waals surface area (Å²) >= 11 is 3.44. The number of hydrogen-bond donors (Lipinski definition) is 0. The summed E-state index contributed by atoms with van der Waals surface area (Å²) in [5.74, 6) is -0.339. The first-order valence-electron chi connectivity index (χ1n) is 7.98. The molecule has 0 unspecified atom stereocenters. The number of methoxy groups -OCH3 is 1. The zero-order chi connectivity index (χ0) is 17.4. The molecule has 0 radical (unpaired) electrons. The molecule has 0 saturated heterocycles. The Morgan fingerprint density at radius 1 is 0.800 bits per heavy atom. The third-order valence-electron chi connectivity index (χ3n) is 4.46. The fourth-order valence-corrected chi connectivity index (χ4v) is 3.67. The minimum atomic E-state index is -0.339. The van der Waals surface area contributed by atoms with E-state index in [-0.39, 0.29) is 5.97 Å². The lowest BCUT2D eigenvalue weighted by molar-refractivity contribution is 0.0601. The molecule has 0 aliphatic carbocycles. The molecule has 0 saturated carbocycles.